The normalized spacial score (nSPS) is 14.1. The van der Waals surface area contributed by atoms with E-state index in [2.05, 4.69) is 48.5 Å². The first-order valence-electron chi connectivity index (χ1n) is 38.3. The molecule has 0 aromatic rings. The van der Waals surface area contributed by atoms with Crippen molar-refractivity contribution in [1.29, 1.82) is 0 Å². The van der Waals surface area contributed by atoms with Crippen LogP contribution in [0.1, 0.15) is 376 Å². The average molecular weight is 1370 g/mol. The molecule has 0 heterocycles. The molecule has 2 unspecified atom stereocenters. The molecule has 0 amide bonds. The predicted molar refractivity (Wildman–Crippen MR) is 377 cm³/mol. The smallest absolute Gasteiger partial charge is 0.462 e. The summed E-state index contributed by atoms with van der Waals surface area (Å²) in [5.41, 5.74) is 0. The highest BCUT2D eigenvalue weighted by atomic mass is 31.2. The summed E-state index contributed by atoms with van der Waals surface area (Å²) < 4.78 is 68.5. The Kier molecular flexibility index (Phi) is 63.4. The van der Waals surface area contributed by atoms with Gasteiger partial charge in [0.15, 0.2) is 12.2 Å². The van der Waals surface area contributed by atoms with Gasteiger partial charge in [-0.15, -0.1) is 0 Å². The minimum absolute atomic E-state index is 0.106. The van der Waals surface area contributed by atoms with E-state index in [4.69, 9.17) is 37.0 Å². The van der Waals surface area contributed by atoms with Crippen molar-refractivity contribution in [2.45, 2.75) is 394 Å². The summed E-state index contributed by atoms with van der Waals surface area (Å²) in [6.07, 6.45) is 49.8. The number of unbranched alkanes of at least 4 members (excludes halogenated alkanes) is 40. The minimum Gasteiger partial charge on any atom is -0.462 e. The first kappa shape index (κ1) is 91.1. The fraction of sp³-hybridized carbons (Fsp3) is 0.946. The van der Waals surface area contributed by atoms with E-state index >= 15 is 0 Å². The van der Waals surface area contributed by atoms with Crippen molar-refractivity contribution < 1.29 is 80.2 Å². The van der Waals surface area contributed by atoms with Gasteiger partial charge in [-0.3, -0.25) is 37.3 Å². The average Bonchev–Trinajstić information content (AvgIpc) is 2.46. The van der Waals surface area contributed by atoms with Gasteiger partial charge >= 0.3 is 39.5 Å². The summed E-state index contributed by atoms with van der Waals surface area (Å²) in [4.78, 5) is 72.8. The Morgan fingerprint density at radius 1 is 0.290 bits per heavy atom. The SMILES string of the molecule is CCCCCCCCCCCCCCCC(=O)O[C@H](COC(=O)CCCCCCCCCCCC(C)C)COP(=O)(O)OC[C@H](O)COP(=O)(O)OC[C@@H](COC(=O)CCCCCCCCCCCCC(C)C)OC(=O)CCCCCCCCCCCCCCC(C)C. The van der Waals surface area contributed by atoms with Crippen LogP contribution in [0.25, 0.3) is 0 Å². The lowest BCUT2D eigenvalue weighted by Gasteiger charge is -2.21. The first-order valence-corrected chi connectivity index (χ1v) is 41.3. The van der Waals surface area contributed by atoms with Crippen LogP contribution in [-0.2, 0) is 65.4 Å². The van der Waals surface area contributed by atoms with Gasteiger partial charge in [-0.05, 0) is 43.4 Å². The maximum absolute atomic E-state index is 13.1. The van der Waals surface area contributed by atoms with E-state index in [1.54, 1.807) is 0 Å². The van der Waals surface area contributed by atoms with Crippen molar-refractivity contribution in [2.24, 2.45) is 17.8 Å². The fourth-order valence-corrected chi connectivity index (χ4v) is 12.8. The molecule has 0 aromatic carbocycles. The number of hydrogen-bond donors (Lipinski definition) is 3. The zero-order valence-electron chi connectivity index (χ0n) is 60.7. The Balaban J connectivity index is 5.27. The molecule has 0 aliphatic heterocycles. The highest BCUT2D eigenvalue weighted by Gasteiger charge is 2.30. The highest BCUT2D eigenvalue weighted by Crippen LogP contribution is 2.45. The zero-order chi connectivity index (χ0) is 68.7. The Hall–Kier alpha value is -1.94. The number of aliphatic hydroxyl groups is 1. The van der Waals surface area contributed by atoms with Gasteiger partial charge in [-0.2, -0.15) is 0 Å². The zero-order valence-corrected chi connectivity index (χ0v) is 62.5. The monoisotopic (exact) mass is 1370 g/mol. The molecular formula is C74H144O17P2. The molecule has 93 heavy (non-hydrogen) atoms. The molecule has 0 radical (unpaired) electrons. The largest absolute Gasteiger partial charge is 0.472 e. The topological polar surface area (TPSA) is 237 Å². The van der Waals surface area contributed by atoms with Gasteiger partial charge in [0.05, 0.1) is 26.4 Å². The number of rotatable bonds is 72. The minimum atomic E-state index is -4.96. The van der Waals surface area contributed by atoms with Crippen molar-refractivity contribution in [3.8, 4) is 0 Å². The second-order valence-corrected chi connectivity index (χ2v) is 31.0. The Bertz CT molecular complexity index is 1820. The molecule has 0 aliphatic carbocycles. The van der Waals surface area contributed by atoms with E-state index in [0.717, 1.165) is 108 Å². The second-order valence-electron chi connectivity index (χ2n) is 28.1. The maximum atomic E-state index is 13.1. The van der Waals surface area contributed by atoms with Crippen molar-refractivity contribution in [3.05, 3.63) is 0 Å². The number of carbonyl (C=O) groups is 4. The van der Waals surface area contributed by atoms with E-state index in [1.165, 1.54) is 186 Å². The van der Waals surface area contributed by atoms with Gasteiger partial charge in [0.1, 0.15) is 19.3 Å². The molecule has 0 fully saturated rings. The summed E-state index contributed by atoms with van der Waals surface area (Å²) in [7, 11) is -9.91. The van der Waals surface area contributed by atoms with Gasteiger partial charge in [0.25, 0.3) is 0 Å². The summed E-state index contributed by atoms with van der Waals surface area (Å²) in [6.45, 7) is 11.9. The molecule has 0 saturated heterocycles. The van der Waals surface area contributed by atoms with E-state index in [1.807, 2.05) is 0 Å². The number of carbonyl (C=O) groups excluding carboxylic acids is 4. The summed E-state index contributed by atoms with van der Waals surface area (Å²) in [5, 5.41) is 10.6. The van der Waals surface area contributed by atoms with Crippen molar-refractivity contribution in [2.75, 3.05) is 39.6 Å². The lowest BCUT2D eigenvalue weighted by molar-refractivity contribution is -0.161. The third-order valence-electron chi connectivity index (χ3n) is 17.1. The van der Waals surface area contributed by atoms with Crippen molar-refractivity contribution >= 4 is 39.5 Å². The standard InChI is InChI=1S/C74H144O17P2/c1-8-9-10-11-12-13-14-15-19-28-36-43-50-57-73(78)91-70(62-85-72(77)56-49-42-35-30-23-26-33-40-47-54-67(6)7)64-89-93(82,83)87-60-68(75)59-86-92(80,81)88-63-69(61-84-71(76)55-48-41-34-27-22-21-25-32-39-46-53-66(4)5)90-74(79)58-51-44-37-29-20-17-16-18-24-31-38-45-52-65(2)3/h65-70,75H,8-64H2,1-7H3,(H,80,81)(H,82,83)/t68-,69-,70-/m1/s1. The molecule has 19 heteroatoms. The Morgan fingerprint density at radius 2 is 0.495 bits per heavy atom. The van der Waals surface area contributed by atoms with Gasteiger partial charge in [0.2, 0.25) is 0 Å². The lowest BCUT2D eigenvalue weighted by Crippen LogP contribution is -2.30. The van der Waals surface area contributed by atoms with Crippen LogP contribution in [0.15, 0.2) is 0 Å². The van der Waals surface area contributed by atoms with Crippen LogP contribution in [0, 0.1) is 17.8 Å². The van der Waals surface area contributed by atoms with E-state index < -0.39 is 97.5 Å². The van der Waals surface area contributed by atoms with Crippen LogP contribution >= 0.6 is 15.6 Å². The first-order chi connectivity index (χ1) is 44.7. The van der Waals surface area contributed by atoms with E-state index in [9.17, 15) is 43.2 Å². The molecule has 0 rings (SSSR count). The molecule has 552 valence electrons. The van der Waals surface area contributed by atoms with Gasteiger partial charge in [-0.25, -0.2) is 9.13 Å². The lowest BCUT2D eigenvalue weighted by atomic mass is 10.0. The predicted octanol–water partition coefficient (Wildman–Crippen LogP) is 21.4. The third kappa shape index (κ3) is 68.4. The molecular weight excluding hydrogens is 1220 g/mol. The van der Waals surface area contributed by atoms with Crippen LogP contribution < -0.4 is 0 Å². The number of hydrogen-bond acceptors (Lipinski definition) is 15. The van der Waals surface area contributed by atoms with E-state index in [0.29, 0.717) is 25.7 Å². The Labute approximate surface area is 568 Å². The highest BCUT2D eigenvalue weighted by molar-refractivity contribution is 7.47. The molecule has 0 bridgehead atoms. The van der Waals surface area contributed by atoms with Crippen molar-refractivity contribution in [3.63, 3.8) is 0 Å². The summed E-state index contributed by atoms with van der Waals surface area (Å²) in [5.74, 6) is 0.160. The number of esters is 4. The van der Waals surface area contributed by atoms with Crippen LogP contribution in [-0.4, -0.2) is 96.7 Å². The molecule has 0 spiro atoms. The summed E-state index contributed by atoms with van der Waals surface area (Å²) in [6, 6.07) is 0. The number of aliphatic hydroxyl groups excluding tert-OH is 1. The van der Waals surface area contributed by atoms with Crippen LogP contribution in [0.4, 0.5) is 0 Å². The number of phosphoric ester groups is 2. The van der Waals surface area contributed by atoms with Crippen LogP contribution in [0.5, 0.6) is 0 Å². The molecule has 0 aromatic heterocycles. The van der Waals surface area contributed by atoms with E-state index in [-0.39, 0.29) is 25.7 Å². The second kappa shape index (κ2) is 64.7. The summed E-state index contributed by atoms with van der Waals surface area (Å²) >= 11 is 0. The molecule has 5 atom stereocenters. The Morgan fingerprint density at radius 3 is 0.731 bits per heavy atom. The van der Waals surface area contributed by atoms with Crippen LogP contribution in [0.3, 0.4) is 0 Å². The molecule has 3 N–H and O–H groups in total. The molecule has 0 aliphatic rings. The molecule has 17 nitrogen and oxygen atoms in total. The maximum Gasteiger partial charge on any atom is 0.472 e. The third-order valence-corrected chi connectivity index (χ3v) is 19.0. The van der Waals surface area contributed by atoms with Gasteiger partial charge in [-0.1, -0.05) is 325 Å². The quantitative estimate of drug-likeness (QED) is 0.0222. The molecule has 0 saturated carbocycles. The number of ether oxygens (including phenoxy) is 4. The fourth-order valence-electron chi connectivity index (χ4n) is 11.2. The van der Waals surface area contributed by atoms with Crippen molar-refractivity contribution in [1.82, 2.24) is 0 Å². The van der Waals surface area contributed by atoms with Gasteiger partial charge in [0, 0.05) is 25.7 Å². The van der Waals surface area contributed by atoms with Crippen LogP contribution in [0.2, 0.25) is 0 Å². The number of phosphoric acid groups is 2. The van der Waals surface area contributed by atoms with Gasteiger partial charge < -0.3 is 33.8 Å².